The van der Waals surface area contributed by atoms with Crippen LogP contribution in [0.2, 0.25) is 0 Å². The van der Waals surface area contributed by atoms with Crippen LogP contribution in [0.25, 0.3) is 0 Å². The third-order valence-corrected chi connectivity index (χ3v) is 1.48. The Bertz CT molecular complexity index is 114. The van der Waals surface area contributed by atoms with Gasteiger partial charge in [0.15, 0.2) is 0 Å². The molecule has 0 aromatic rings. The standard InChI is InChI=1S/C7H13NO2/c1-9-8-6-7-4-2-3-5-10-7/h3,5,7-8H,2,4,6H2,1H3. The Kier molecular flexibility index (Phi) is 3.26. The van der Waals surface area contributed by atoms with Crippen molar-refractivity contribution in [3.63, 3.8) is 0 Å². The lowest BCUT2D eigenvalue weighted by Gasteiger charge is -2.18. The van der Waals surface area contributed by atoms with Gasteiger partial charge in [-0.1, -0.05) is 0 Å². The van der Waals surface area contributed by atoms with Crippen molar-refractivity contribution in [1.29, 1.82) is 0 Å². The van der Waals surface area contributed by atoms with E-state index in [2.05, 4.69) is 5.48 Å². The molecule has 1 unspecified atom stereocenters. The lowest BCUT2D eigenvalue weighted by atomic mass is 10.2. The lowest BCUT2D eigenvalue weighted by molar-refractivity contribution is 0.0369. The molecule has 1 atom stereocenters. The number of hydroxylamine groups is 1. The van der Waals surface area contributed by atoms with E-state index in [1.807, 2.05) is 6.08 Å². The topological polar surface area (TPSA) is 30.5 Å². The fourth-order valence-electron chi connectivity index (χ4n) is 0.911. The molecule has 0 saturated heterocycles. The Morgan fingerprint density at radius 1 is 1.80 bits per heavy atom. The average Bonchev–Trinajstić information content (AvgIpc) is 2.03. The zero-order valence-electron chi connectivity index (χ0n) is 6.17. The molecule has 0 spiro atoms. The molecule has 10 heavy (non-hydrogen) atoms. The van der Waals surface area contributed by atoms with Crippen LogP contribution in [0, 0.1) is 0 Å². The van der Waals surface area contributed by atoms with Gasteiger partial charge >= 0.3 is 0 Å². The van der Waals surface area contributed by atoms with E-state index in [0.29, 0.717) is 0 Å². The number of allylic oxidation sites excluding steroid dienone is 1. The predicted molar refractivity (Wildman–Crippen MR) is 38.3 cm³/mol. The van der Waals surface area contributed by atoms with Gasteiger partial charge in [-0.25, -0.2) is 0 Å². The SMILES string of the molecule is CONCC1CCC=CO1. The van der Waals surface area contributed by atoms with Gasteiger partial charge in [-0.15, -0.1) is 0 Å². The first-order chi connectivity index (χ1) is 4.93. The number of rotatable bonds is 3. The summed E-state index contributed by atoms with van der Waals surface area (Å²) < 4.78 is 5.26. The summed E-state index contributed by atoms with van der Waals surface area (Å²) in [7, 11) is 1.61. The van der Waals surface area contributed by atoms with Crippen LogP contribution >= 0.6 is 0 Å². The van der Waals surface area contributed by atoms with E-state index >= 15 is 0 Å². The molecule has 1 aliphatic heterocycles. The number of hydrogen-bond acceptors (Lipinski definition) is 3. The molecular formula is C7H13NO2. The largest absolute Gasteiger partial charge is 0.497 e. The van der Waals surface area contributed by atoms with Crippen molar-refractivity contribution in [2.45, 2.75) is 18.9 Å². The molecular weight excluding hydrogens is 130 g/mol. The smallest absolute Gasteiger partial charge is 0.113 e. The third kappa shape index (κ3) is 2.37. The van der Waals surface area contributed by atoms with Gasteiger partial charge in [0.05, 0.1) is 19.9 Å². The molecule has 1 rings (SSSR count). The highest BCUT2D eigenvalue weighted by Crippen LogP contribution is 2.08. The molecule has 1 heterocycles. The monoisotopic (exact) mass is 143 g/mol. The first-order valence-electron chi connectivity index (χ1n) is 3.50. The molecule has 0 fully saturated rings. The summed E-state index contributed by atoms with van der Waals surface area (Å²) in [5.74, 6) is 0. The molecule has 0 saturated carbocycles. The van der Waals surface area contributed by atoms with Gasteiger partial charge in [0.1, 0.15) is 6.10 Å². The summed E-state index contributed by atoms with van der Waals surface area (Å²) in [4.78, 5) is 4.69. The summed E-state index contributed by atoms with van der Waals surface area (Å²) in [6.07, 6.45) is 6.25. The minimum absolute atomic E-state index is 0.282. The maximum Gasteiger partial charge on any atom is 0.113 e. The van der Waals surface area contributed by atoms with Gasteiger partial charge < -0.3 is 9.57 Å². The Labute approximate surface area is 61.0 Å². The molecule has 0 amide bonds. The van der Waals surface area contributed by atoms with Gasteiger partial charge in [0, 0.05) is 0 Å². The molecule has 3 heteroatoms. The summed E-state index contributed by atoms with van der Waals surface area (Å²) in [5, 5.41) is 0. The van der Waals surface area contributed by atoms with E-state index in [4.69, 9.17) is 9.57 Å². The van der Waals surface area contributed by atoms with Crippen molar-refractivity contribution in [3.8, 4) is 0 Å². The molecule has 0 bridgehead atoms. The maximum absolute atomic E-state index is 5.26. The van der Waals surface area contributed by atoms with Crippen molar-refractivity contribution in [2.24, 2.45) is 0 Å². The second-order valence-electron chi connectivity index (χ2n) is 2.26. The lowest BCUT2D eigenvalue weighted by Crippen LogP contribution is -2.28. The van der Waals surface area contributed by atoms with Gasteiger partial charge in [-0.2, -0.15) is 5.48 Å². The number of hydrogen-bond donors (Lipinski definition) is 1. The van der Waals surface area contributed by atoms with Gasteiger partial charge in [-0.05, 0) is 18.9 Å². The van der Waals surface area contributed by atoms with Crippen LogP contribution in [0.1, 0.15) is 12.8 Å². The summed E-state index contributed by atoms with van der Waals surface area (Å²) >= 11 is 0. The highest BCUT2D eigenvalue weighted by atomic mass is 16.6. The quantitative estimate of drug-likeness (QED) is 0.593. The average molecular weight is 143 g/mol. The Morgan fingerprint density at radius 2 is 2.70 bits per heavy atom. The van der Waals surface area contributed by atoms with Crippen LogP contribution in [0.4, 0.5) is 0 Å². The van der Waals surface area contributed by atoms with E-state index in [0.717, 1.165) is 19.4 Å². The highest BCUT2D eigenvalue weighted by molar-refractivity contribution is 4.82. The molecule has 0 aliphatic carbocycles. The zero-order chi connectivity index (χ0) is 7.23. The van der Waals surface area contributed by atoms with Crippen molar-refractivity contribution >= 4 is 0 Å². The van der Waals surface area contributed by atoms with Crippen LogP contribution in [0.3, 0.4) is 0 Å². The van der Waals surface area contributed by atoms with Crippen LogP contribution in [0.5, 0.6) is 0 Å². The molecule has 3 nitrogen and oxygen atoms in total. The molecule has 1 N–H and O–H groups in total. The van der Waals surface area contributed by atoms with Crippen molar-refractivity contribution in [1.82, 2.24) is 5.48 Å². The van der Waals surface area contributed by atoms with Crippen molar-refractivity contribution in [3.05, 3.63) is 12.3 Å². The van der Waals surface area contributed by atoms with Crippen molar-refractivity contribution < 1.29 is 9.57 Å². The maximum atomic E-state index is 5.26. The number of nitrogens with one attached hydrogen (secondary N) is 1. The second-order valence-corrected chi connectivity index (χ2v) is 2.26. The van der Waals surface area contributed by atoms with E-state index < -0.39 is 0 Å². The predicted octanol–water partition coefficient (Wildman–Crippen LogP) is 0.830. The van der Waals surface area contributed by atoms with E-state index in [1.165, 1.54) is 0 Å². The molecule has 0 radical (unpaired) electrons. The molecule has 58 valence electrons. The second kappa shape index (κ2) is 4.30. The molecule has 0 aromatic heterocycles. The highest BCUT2D eigenvalue weighted by Gasteiger charge is 2.09. The Hall–Kier alpha value is -0.540. The van der Waals surface area contributed by atoms with E-state index in [1.54, 1.807) is 13.4 Å². The van der Waals surface area contributed by atoms with Gasteiger partial charge in [0.25, 0.3) is 0 Å². The fourth-order valence-corrected chi connectivity index (χ4v) is 0.911. The van der Waals surface area contributed by atoms with E-state index in [9.17, 15) is 0 Å². The van der Waals surface area contributed by atoms with E-state index in [-0.39, 0.29) is 6.10 Å². The van der Waals surface area contributed by atoms with Gasteiger partial charge in [0.2, 0.25) is 0 Å². The molecule has 0 aromatic carbocycles. The Balaban J connectivity index is 2.10. The Morgan fingerprint density at radius 3 is 3.30 bits per heavy atom. The first-order valence-corrected chi connectivity index (χ1v) is 3.50. The van der Waals surface area contributed by atoms with Crippen LogP contribution in [-0.2, 0) is 9.57 Å². The van der Waals surface area contributed by atoms with Crippen LogP contribution in [0.15, 0.2) is 12.3 Å². The fraction of sp³-hybridized carbons (Fsp3) is 0.714. The number of ether oxygens (including phenoxy) is 1. The summed E-state index contributed by atoms with van der Waals surface area (Å²) in [6.45, 7) is 0.765. The minimum Gasteiger partial charge on any atom is -0.497 e. The third-order valence-electron chi connectivity index (χ3n) is 1.48. The minimum atomic E-state index is 0.282. The summed E-state index contributed by atoms with van der Waals surface area (Å²) in [5.41, 5.74) is 2.76. The van der Waals surface area contributed by atoms with Crippen molar-refractivity contribution in [2.75, 3.05) is 13.7 Å². The van der Waals surface area contributed by atoms with Gasteiger partial charge in [-0.3, -0.25) is 0 Å². The normalized spacial score (nSPS) is 24.3. The zero-order valence-corrected chi connectivity index (χ0v) is 6.17. The van der Waals surface area contributed by atoms with Crippen LogP contribution in [-0.4, -0.2) is 19.8 Å². The first kappa shape index (κ1) is 7.57. The molecule has 1 aliphatic rings. The van der Waals surface area contributed by atoms with Crippen LogP contribution < -0.4 is 5.48 Å². The summed E-state index contributed by atoms with van der Waals surface area (Å²) in [6, 6.07) is 0.